The van der Waals surface area contributed by atoms with Crippen LogP contribution in [0.1, 0.15) is 19.8 Å². The third-order valence-electron chi connectivity index (χ3n) is 2.89. The highest BCUT2D eigenvalue weighted by Crippen LogP contribution is 2.37. The van der Waals surface area contributed by atoms with Gasteiger partial charge < -0.3 is 15.7 Å². The summed E-state index contributed by atoms with van der Waals surface area (Å²) in [6.45, 7) is 2.89. The maximum Gasteiger partial charge on any atom is 0.185 e. The number of nitrogens with zero attached hydrogens (tertiary/aromatic N) is 2. The molecule has 1 aliphatic heterocycles. The summed E-state index contributed by atoms with van der Waals surface area (Å²) in [5, 5.41) is 10.1. The van der Waals surface area contributed by atoms with Crippen molar-refractivity contribution in [1.29, 1.82) is 0 Å². The second kappa shape index (κ2) is 5.02. The Morgan fingerprint density at radius 3 is 2.89 bits per heavy atom. The lowest BCUT2D eigenvalue weighted by Crippen LogP contribution is -2.22. The second-order valence-corrected chi connectivity index (χ2v) is 7.21. The first-order chi connectivity index (χ1) is 8.45. The van der Waals surface area contributed by atoms with Crippen LogP contribution in [0.15, 0.2) is 4.90 Å². The monoisotopic (exact) mass is 291 g/mol. The molecule has 18 heavy (non-hydrogen) atoms. The van der Waals surface area contributed by atoms with E-state index in [0.29, 0.717) is 30.9 Å². The molecule has 0 saturated carbocycles. The Morgan fingerprint density at radius 1 is 1.61 bits per heavy atom. The normalized spacial score (nSPS) is 20.6. The minimum absolute atomic E-state index is 0.0685. The average molecular weight is 291 g/mol. The molecule has 0 amide bonds. The molecule has 0 radical (unpaired) electrons. The van der Waals surface area contributed by atoms with Gasteiger partial charge in [-0.05, 0) is 24.4 Å². The summed E-state index contributed by atoms with van der Waals surface area (Å²) >= 11 is 1.09. The highest BCUT2D eigenvalue weighted by molar-refractivity contribution is 7.91. The molecular weight excluding hydrogens is 274 g/mol. The van der Waals surface area contributed by atoms with Crippen molar-refractivity contribution in [1.82, 2.24) is 4.37 Å². The van der Waals surface area contributed by atoms with Gasteiger partial charge in [-0.3, -0.25) is 0 Å². The van der Waals surface area contributed by atoms with Crippen LogP contribution in [0.3, 0.4) is 0 Å². The number of β-amino-alcohol motifs (C(OH)–C–C–N with tert-alkyl or cyclic N) is 1. The molecule has 0 aromatic carbocycles. The summed E-state index contributed by atoms with van der Waals surface area (Å²) < 4.78 is 28.3. The molecule has 1 saturated heterocycles. The van der Waals surface area contributed by atoms with E-state index in [2.05, 4.69) is 4.37 Å². The molecule has 2 rings (SSSR count). The Labute approximate surface area is 111 Å². The molecule has 1 atom stereocenters. The average Bonchev–Trinajstić information content (AvgIpc) is 2.84. The molecule has 102 valence electrons. The first-order valence-corrected chi connectivity index (χ1v) is 8.29. The fourth-order valence-corrected chi connectivity index (χ4v) is 4.87. The molecule has 1 unspecified atom stereocenters. The highest BCUT2D eigenvalue weighted by atomic mass is 32.2. The van der Waals surface area contributed by atoms with Crippen molar-refractivity contribution >= 4 is 32.2 Å². The van der Waals surface area contributed by atoms with E-state index in [0.717, 1.165) is 11.5 Å². The summed E-state index contributed by atoms with van der Waals surface area (Å²) in [5.74, 6) is 0.142. The molecule has 3 N–H and O–H groups in total. The molecule has 2 heterocycles. The Hall–Kier alpha value is -0.860. The standard InChI is InChI=1S/C10H17N3O3S2/c1-2-5-18(15,16)8-9(11)12-17-10(8)13-4-3-7(14)6-13/h7,14H,2-6H2,1H3,(H2,11,12). The maximum atomic E-state index is 12.2. The van der Waals surface area contributed by atoms with E-state index in [9.17, 15) is 13.5 Å². The number of sulfone groups is 1. The van der Waals surface area contributed by atoms with Crippen LogP contribution in [-0.4, -0.2) is 42.8 Å². The van der Waals surface area contributed by atoms with Crippen LogP contribution >= 0.6 is 11.5 Å². The number of aliphatic hydroxyl groups excluding tert-OH is 1. The quantitative estimate of drug-likeness (QED) is 0.837. The van der Waals surface area contributed by atoms with Crippen LogP contribution in [0.5, 0.6) is 0 Å². The van der Waals surface area contributed by atoms with Crippen molar-refractivity contribution in [3.8, 4) is 0 Å². The third kappa shape index (κ3) is 2.45. The van der Waals surface area contributed by atoms with Crippen LogP contribution in [0.2, 0.25) is 0 Å². The number of nitrogen functional groups attached to an aromatic ring is 1. The third-order valence-corrected chi connectivity index (χ3v) is 5.91. The summed E-state index contributed by atoms with van der Waals surface area (Å²) in [5.41, 5.74) is 5.69. The molecule has 1 fully saturated rings. The Kier molecular flexibility index (Phi) is 3.79. The Balaban J connectivity index is 2.39. The minimum atomic E-state index is -3.38. The van der Waals surface area contributed by atoms with Crippen molar-refractivity contribution in [2.75, 3.05) is 29.5 Å². The van der Waals surface area contributed by atoms with Gasteiger partial charge in [0.1, 0.15) is 9.90 Å². The van der Waals surface area contributed by atoms with E-state index in [4.69, 9.17) is 5.73 Å². The van der Waals surface area contributed by atoms with Crippen molar-refractivity contribution < 1.29 is 13.5 Å². The van der Waals surface area contributed by atoms with Crippen molar-refractivity contribution in [3.05, 3.63) is 0 Å². The summed E-state index contributed by atoms with van der Waals surface area (Å²) in [6, 6.07) is 0. The molecule has 1 aromatic rings. The first-order valence-electron chi connectivity index (χ1n) is 5.86. The number of rotatable bonds is 4. The van der Waals surface area contributed by atoms with E-state index in [1.807, 2.05) is 11.8 Å². The lowest BCUT2D eigenvalue weighted by Gasteiger charge is -2.16. The van der Waals surface area contributed by atoms with Crippen molar-refractivity contribution in [2.24, 2.45) is 0 Å². The van der Waals surface area contributed by atoms with Crippen LogP contribution in [0.25, 0.3) is 0 Å². The van der Waals surface area contributed by atoms with E-state index in [1.54, 1.807) is 0 Å². The van der Waals surface area contributed by atoms with Gasteiger partial charge in [0.15, 0.2) is 15.7 Å². The highest BCUT2D eigenvalue weighted by Gasteiger charge is 2.31. The van der Waals surface area contributed by atoms with Gasteiger partial charge >= 0.3 is 0 Å². The molecule has 1 aromatic heterocycles. The van der Waals surface area contributed by atoms with Crippen LogP contribution in [0, 0.1) is 0 Å². The molecular formula is C10H17N3O3S2. The number of anilines is 2. The molecule has 8 heteroatoms. The predicted octanol–water partition coefficient (Wildman–Crippen LogP) is 0.480. The zero-order valence-corrected chi connectivity index (χ0v) is 11.8. The molecule has 0 spiro atoms. The zero-order valence-electron chi connectivity index (χ0n) is 10.2. The molecule has 1 aliphatic rings. The summed E-state index contributed by atoms with van der Waals surface area (Å²) in [4.78, 5) is 1.99. The molecule has 6 nitrogen and oxygen atoms in total. The van der Waals surface area contributed by atoms with Crippen molar-refractivity contribution in [2.45, 2.75) is 30.8 Å². The van der Waals surface area contributed by atoms with Crippen molar-refractivity contribution in [3.63, 3.8) is 0 Å². The van der Waals surface area contributed by atoms with Crippen LogP contribution in [-0.2, 0) is 9.84 Å². The smallest absolute Gasteiger partial charge is 0.185 e. The summed E-state index contributed by atoms with van der Waals surface area (Å²) in [7, 11) is -3.38. The second-order valence-electron chi connectivity index (χ2n) is 4.41. The van der Waals surface area contributed by atoms with Gasteiger partial charge in [0.25, 0.3) is 0 Å². The minimum Gasteiger partial charge on any atom is -0.391 e. The van der Waals surface area contributed by atoms with Gasteiger partial charge in [0.05, 0.1) is 11.9 Å². The number of hydrogen-bond donors (Lipinski definition) is 2. The topological polar surface area (TPSA) is 96.5 Å². The van der Waals surface area contributed by atoms with E-state index >= 15 is 0 Å². The van der Waals surface area contributed by atoms with Gasteiger partial charge in [0.2, 0.25) is 0 Å². The van der Waals surface area contributed by atoms with Gasteiger partial charge in [-0.1, -0.05) is 6.92 Å². The fraction of sp³-hybridized carbons (Fsp3) is 0.700. The lowest BCUT2D eigenvalue weighted by atomic mass is 10.3. The first kappa shape index (κ1) is 13.6. The zero-order chi connectivity index (χ0) is 13.3. The number of nitrogens with two attached hydrogens (primary N) is 1. The molecule has 0 aliphatic carbocycles. The van der Waals surface area contributed by atoms with Gasteiger partial charge in [-0.25, -0.2) is 8.42 Å². The van der Waals surface area contributed by atoms with E-state index < -0.39 is 15.9 Å². The van der Waals surface area contributed by atoms with E-state index in [-0.39, 0.29) is 16.5 Å². The fourth-order valence-electron chi connectivity index (χ4n) is 2.08. The molecule has 0 bridgehead atoms. The Morgan fingerprint density at radius 2 is 2.33 bits per heavy atom. The Bertz CT molecular complexity index is 526. The number of aliphatic hydroxyl groups is 1. The van der Waals surface area contributed by atoms with Gasteiger partial charge in [-0.2, -0.15) is 4.37 Å². The largest absolute Gasteiger partial charge is 0.391 e. The van der Waals surface area contributed by atoms with Crippen LogP contribution in [0.4, 0.5) is 10.8 Å². The van der Waals surface area contributed by atoms with E-state index in [1.165, 1.54) is 0 Å². The number of hydrogen-bond acceptors (Lipinski definition) is 7. The predicted molar refractivity (Wildman–Crippen MR) is 71.7 cm³/mol. The maximum absolute atomic E-state index is 12.2. The lowest BCUT2D eigenvalue weighted by molar-refractivity contribution is 0.198. The van der Waals surface area contributed by atoms with Gasteiger partial charge in [-0.15, -0.1) is 0 Å². The van der Waals surface area contributed by atoms with Gasteiger partial charge in [0, 0.05) is 13.1 Å². The van der Waals surface area contributed by atoms with Crippen LogP contribution < -0.4 is 10.6 Å². The summed E-state index contributed by atoms with van der Waals surface area (Å²) in [6.07, 6.45) is 0.778. The SMILES string of the molecule is CCCS(=O)(=O)c1c(N)nsc1N1CCC(O)C1. The number of aromatic nitrogens is 1.